The van der Waals surface area contributed by atoms with Crippen molar-refractivity contribution in [2.24, 2.45) is 0 Å². The Balaban J connectivity index is 2.47. The van der Waals surface area contributed by atoms with E-state index in [1.165, 1.54) is 7.11 Å². The van der Waals surface area contributed by atoms with Crippen LogP contribution < -0.4 is 4.74 Å². The Labute approximate surface area is 119 Å². The van der Waals surface area contributed by atoms with Crippen molar-refractivity contribution in [1.29, 1.82) is 0 Å². The number of ether oxygens (including phenoxy) is 1. The molecule has 4 nitrogen and oxygen atoms in total. The van der Waals surface area contributed by atoms with Crippen LogP contribution in [0.2, 0.25) is 0 Å². The van der Waals surface area contributed by atoms with Gasteiger partial charge in [-0.25, -0.2) is 8.42 Å². The van der Waals surface area contributed by atoms with Gasteiger partial charge in [0, 0.05) is 24.6 Å². The third-order valence-electron chi connectivity index (χ3n) is 3.37. The molecule has 0 atom stereocenters. The van der Waals surface area contributed by atoms with Crippen LogP contribution >= 0.6 is 11.8 Å². The zero-order valence-electron chi connectivity index (χ0n) is 11.5. The van der Waals surface area contributed by atoms with Gasteiger partial charge in [0.25, 0.3) is 0 Å². The molecule has 0 saturated carbocycles. The Bertz CT molecular complexity index is 563. The van der Waals surface area contributed by atoms with Gasteiger partial charge in [-0.05, 0) is 37.1 Å². The Morgan fingerprint density at radius 3 is 2.32 bits per heavy atom. The highest BCUT2D eigenvalue weighted by atomic mass is 32.2. The topological polar surface area (TPSA) is 46.6 Å². The molecule has 19 heavy (non-hydrogen) atoms. The molecular weight excluding hydrogens is 282 g/mol. The molecule has 0 aromatic heterocycles. The molecule has 106 valence electrons. The lowest BCUT2D eigenvalue weighted by Crippen LogP contribution is -2.38. The second kappa shape index (κ2) is 5.73. The van der Waals surface area contributed by atoms with Crippen LogP contribution in [0.4, 0.5) is 0 Å². The maximum absolute atomic E-state index is 12.7. The van der Waals surface area contributed by atoms with Crippen molar-refractivity contribution in [1.82, 2.24) is 4.31 Å². The Hall–Kier alpha value is -0.720. The lowest BCUT2D eigenvalue weighted by molar-refractivity contribution is 0.394. The van der Waals surface area contributed by atoms with E-state index in [1.54, 1.807) is 28.2 Å². The van der Waals surface area contributed by atoms with Crippen LogP contribution in [0.15, 0.2) is 17.0 Å². The molecule has 0 amide bonds. The third kappa shape index (κ3) is 2.90. The summed E-state index contributed by atoms with van der Waals surface area (Å²) in [4.78, 5) is 0.282. The van der Waals surface area contributed by atoms with Gasteiger partial charge in [-0.3, -0.25) is 0 Å². The summed E-state index contributed by atoms with van der Waals surface area (Å²) in [5, 5.41) is 0. The molecule has 0 unspecified atom stereocenters. The van der Waals surface area contributed by atoms with Crippen molar-refractivity contribution >= 4 is 21.8 Å². The summed E-state index contributed by atoms with van der Waals surface area (Å²) < 4.78 is 32.1. The minimum atomic E-state index is -3.45. The maximum Gasteiger partial charge on any atom is 0.246 e. The monoisotopic (exact) mass is 301 g/mol. The van der Waals surface area contributed by atoms with Gasteiger partial charge in [0.1, 0.15) is 10.6 Å². The molecule has 1 fully saturated rings. The van der Waals surface area contributed by atoms with Crippen molar-refractivity contribution in [2.75, 3.05) is 31.7 Å². The van der Waals surface area contributed by atoms with Crippen LogP contribution in [0, 0.1) is 13.8 Å². The van der Waals surface area contributed by atoms with Gasteiger partial charge in [-0.1, -0.05) is 0 Å². The molecule has 1 aromatic rings. The van der Waals surface area contributed by atoms with Gasteiger partial charge in [-0.15, -0.1) is 0 Å². The van der Waals surface area contributed by atoms with Crippen molar-refractivity contribution in [3.05, 3.63) is 23.3 Å². The van der Waals surface area contributed by atoms with Gasteiger partial charge in [0.2, 0.25) is 10.0 Å². The molecule has 0 bridgehead atoms. The summed E-state index contributed by atoms with van der Waals surface area (Å²) in [7, 11) is -1.94. The number of sulfonamides is 1. The van der Waals surface area contributed by atoms with Crippen LogP contribution in [0.3, 0.4) is 0 Å². The second-order valence-electron chi connectivity index (χ2n) is 4.60. The number of nitrogens with zero attached hydrogens (tertiary/aromatic N) is 1. The highest BCUT2D eigenvalue weighted by Gasteiger charge is 2.29. The van der Waals surface area contributed by atoms with Crippen LogP contribution in [-0.2, 0) is 10.0 Å². The van der Waals surface area contributed by atoms with Gasteiger partial charge >= 0.3 is 0 Å². The van der Waals surface area contributed by atoms with Crippen molar-refractivity contribution in [3.63, 3.8) is 0 Å². The number of benzene rings is 1. The third-order valence-corrected chi connectivity index (χ3v) is 6.23. The van der Waals surface area contributed by atoms with E-state index in [2.05, 4.69) is 0 Å². The van der Waals surface area contributed by atoms with E-state index in [0.29, 0.717) is 18.8 Å². The minimum absolute atomic E-state index is 0.282. The maximum atomic E-state index is 12.7. The van der Waals surface area contributed by atoms with Crippen LogP contribution in [-0.4, -0.2) is 44.4 Å². The zero-order chi connectivity index (χ0) is 14.0. The normalized spacial score (nSPS) is 17.4. The predicted octanol–water partition coefficient (Wildman–Crippen LogP) is 2.05. The fourth-order valence-electron chi connectivity index (χ4n) is 2.05. The number of rotatable bonds is 3. The zero-order valence-corrected chi connectivity index (χ0v) is 13.1. The molecule has 0 spiro atoms. The van der Waals surface area contributed by atoms with E-state index >= 15 is 0 Å². The second-order valence-corrected chi connectivity index (χ2v) is 7.73. The Morgan fingerprint density at radius 2 is 1.74 bits per heavy atom. The molecule has 0 radical (unpaired) electrons. The lowest BCUT2D eigenvalue weighted by atomic mass is 10.1. The van der Waals surface area contributed by atoms with Crippen LogP contribution in [0.1, 0.15) is 11.1 Å². The molecule has 6 heteroatoms. The van der Waals surface area contributed by atoms with Crippen molar-refractivity contribution in [2.45, 2.75) is 18.7 Å². The van der Waals surface area contributed by atoms with Crippen LogP contribution in [0.25, 0.3) is 0 Å². The Morgan fingerprint density at radius 1 is 1.16 bits per heavy atom. The molecule has 1 aromatic carbocycles. The summed E-state index contributed by atoms with van der Waals surface area (Å²) in [6.07, 6.45) is 0. The van der Waals surface area contributed by atoms with E-state index < -0.39 is 10.0 Å². The van der Waals surface area contributed by atoms with E-state index in [4.69, 9.17) is 4.74 Å². The fourth-order valence-corrected chi connectivity index (χ4v) is 4.85. The molecule has 1 saturated heterocycles. The molecule has 0 aliphatic carbocycles. The van der Waals surface area contributed by atoms with Gasteiger partial charge in [-0.2, -0.15) is 16.1 Å². The van der Waals surface area contributed by atoms with E-state index in [1.807, 2.05) is 13.8 Å². The van der Waals surface area contributed by atoms with E-state index in [-0.39, 0.29) is 4.90 Å². The van der Waals surface area contributed by atoms with E-state index in [0.717, 1.165) is 22.6 Å². The molecular formula is C13H19NO3S2. The first kappa shape index (κ1) is 14.7. The number of aryl methyl sites for hydroxylation is 2. The summed E-state index contributed by atoms with van der Waals surface area (Å²) in [5.41, 5.74) is 2.00. The van der Waals surface area contributed by atoms with Gasteiger partial charge in [0.15, 0.2) is 0 Å². The largest absolute Gasteiger partial charge is 0.495 e. The minimum Gasteiger partial charge on any atom is -0.495 e. The summed E-state index contributed by atoms with van der Waals surface area (Å²) in [6.45, 7) is 5.01. The Kier molecular flexibility index (Phi) is 4.43. The first-order valence-electron chi connectivity index (χ1n) is 6.20. The van der Waals surface area contributed by atoms with Crippen molar-refractivity contribution in [3.8, 4) is 5.75 Å². The first-order valence-corrected chi connectivity index (χ1v) is 8.79. The van der Waals surface area contributed by atoms with Gasteiger partial charge in [0.05, 0.1) is 7.11 Å². The average Bonchev–Trinajstić information content (AvgIpc) is 2.42. The van der Waals surface area contributed by atoms with Crippen molar-refractivity contribution < 1.29 is 13.2 Å². The summed E-state index contributed by atoms with van der Waals surface area (Å²) in [6, 6.07) is 3.51. The number of thioether (sulfide) groups is 1. The standard InChI is InChI=1S/C13H19NO3S2/c1-10-8-12(17-3)13(9-11(10)2)19(15,16)14-4-6-18-7-5-14/h8-9H,4-7H2,1-3H3. The highest BCUT2D eigenvalue weighted by Crippen LogP contribution is 2.30. The SMILES string of the molecule is COc1cc(C)c(C)cc1S(=O)(=O)N1CCSCC1. The first-order chi connectivity index (χ1) is 8.96. The van der Waals surface area contributed by atoms with Gasteiger partial charge < -0.3 is 4.74 Å². The number of methoxy groups -OCH3 is 1. The average molecular weight is 301 g/mol. The quantitative estimate of drug-likeness (QED) is 0.857. The summed E-state index contributed by atoms with van der Waals surface area (Å²) in [5.74, 6) is 2.14. The molecule has 1 heterocycles. The molecule has 0 N–H and O–H groups in total. The number of hydrogen-bond donors (Lipinski definition) is 0. The number of hydrogen-bond acceptors (Lipinski definition) is 4. The fraction of sp³-hybridized carbons (Fsp3) is 0.538. The predicted molar refractivity (Wildman–Crippen MR) is 78.6 cm³/mol. The smallest absolute Gasteiger partial charge is 0.246 e. The molecule has 1 aliphatic heterocycles. The lowest BCUT2D eigenvalue weighted by Gasteiger charge is -2.26. The highest BCUT2D eigenvalue weighted by molar-refractivity contribution is 7.99. The van der Waals surface area contributed by atoms with E-state index in [9.17, 15) is 8.42 Å². The molecule has 2 rings (SSSR count). The van der Waals surface area contributed by atoms with Crippen LogP contribution in [0.5, 0.6) is 5.75 Å². The summed E-state index contributed by atoms with van der Waals surface area (Å²) >= 11 is 1.79. The molecule has 1 aliphatic rings.